The monoisotopic (exact) mass is 491 g/mol. The van der Waals surface area contributed by atoms with Gasteiger partial charge >= 0.3 is 0 Å². The molecular formula is C21H26FN7O4S. The smallest absolute Gasteiger partial charge is 0.239 e. The highest BCUT2D eigenvalue weighted by molar-refractivity contribution is 7.92. The standard InChI is InChI=1S/C21H26FN7O4S/c1-12(2)18-16(10-9-15(30)11-17(31)20-25-27-28-26-20)19(13-5-7-14(22)8-6-13)24-21(23-18)29(3)34(4,32)33/h5-10,12,15,17,30-31H,11H2,1-4H3,(H,25,26,27,28)/b10-9+/t15-,17-/m1/s1. The molecule has 3 aromatic rings. The summed E-state index contributed by atoms with van der Waals surface area (Å²) in [5.41, 5.74) is 1.97. The summed E-state index contributed by atoms with van der Waals surface area (Å²) in [6.07, 6.45) is 1.85. The minimum atomic E-state index is -3.63. The first-order valence-corrected chi connectivity index (χ1v) is 12.2. The lowest BCUT2D eigenvalue weighted by atomic mass is 9.97. The van der Waals surface area contributed by atoms with Crippen molar-refractivity contribution in [1.29, 1.82) is 0 Å². The maximum Gasteiger partial charge on any atom is 0.239 e. The molecule has 34 heavy (non-hydrogen) atoms. The summed E-state index contributed by atoms with van der Waals surface area (Å²) in [4.78, 5) is 8.93. The topological polar surface area (TPSA) is 158 Å². The Morgan fingerprint density at radius 1 is 1.18 bits per heavy atom. The minimum Gasteiger partial charge on any atom is -0.389 e. The minimum absolute atomic E-state index is 0.0311. The molecule has 0 unspecified atom stereocenters. The molecule has 13 heteroatoms. The van der Waals surface area contributed by atoms with Crippen LogP contribution in [0.1, 0.15) is 49.4 Å². The third kappa shape index (κ3) is 5.98. The summed E-state index contributed by atoms with van der Waals surface area (Å²) in [7, 11) is -2.28. The van der Waals surface area contributed by atoms with Gasteiger partial charge in [-0.15, -0.1) is 5.10 Å². The lowest BCUT2D eigenvalue weighted by Crippen LogP contribution is -2.27. The Hall–Kier alpha value is -3.29. The number of nitrogens with one attached hydrogen (secondary N) is 1. The third-order valence-electron chi connectivity index (χ3n) is 5.03. The number of tetrazole rings is 1. The number of aliphatic hydroxyl groups is 2. The predicted molar refractivity (Wildman–Crippen MR) is 124 cm³/mol. The van der Waals surface area contributed by atoms with Gasteiger partial charge in [0.1, 0.15) is 11.9 Å². The van der Waals surface area contributed by atoms with Crippen molar-refractivity contribution in [3.63, 3.8) is 0 Å². The molecular weight excluding hydrogens is 465 g/mol. The van der Waals surface area contributed by atoms with Crippen LogP contribution in [0.4, 0.5) is 10.3 Å². The number of aliphatic hydroxyl groups excluding tert-OH is 2. The van der Waals surface area contributed by atoms with E-state index in [9.17, 15) is 23.0 Å². The number of benzene rings is 1. The maximum absolute atomic E-state index is 13.6. The van der Waals surface area contributed by atoms with Gasteiger partial charge in [-0.3, -0.25) is 0 Å². The van der Waals surface area contributed by atoms with E-state index >= 15 is 0 Å². The highest BCUT2D eigenvalue weighted by atomic mass is 32.2. The molecule has 0 saturated heterocycles. The Morgan fingerprint density at radius 3 is 2.41 bits per heavy atom. The third-order valence-corrected chi connectivity index (χ3v) is 6.19. The summed E-state index contributed by atoms with van der Waals surface area (Å²) in [6.45, 7) is 3.77. The molecule has 0 fully saturated rings. The lowest BCUT2D eigenvalue weighted by Gasteiger charge is -2.20. The van der Waals surface area contributed by atoms with Crippen LogP contribution in [0, 0.1) is 5.82 Å². The zero-order valence-electron chi connectivity index (χ0n) is 19.1. The largest absolute Gasteiger partial charge is 0.389 e. The van der Waals surface area contributed by atoms with E-state index in [0.717, 1.165) is 10.6 Å². The zero-order chi connectivity index (χ0) is 25.0. The Balaban J connectivity index is 2.08. The summed E-state index contributed by atoms with van der Waals surface area (Å²) in [6, 6.07) is 5.61. The molecule has 1 aromatic carbocycles. The Bertz CT molecular complexity index is 1250. The van der Waals surface area contributed by atoms with Crippen LogP contribution in [0.3, 0.4) is 0 Å². The molecule has 2 aromatic heterocycles. The number of H-pyrrole nitrogens is 1. The van der Waals surface area contributed by atoms with Crippen LogP contribution in [0.2, 0.25) is 0 Å². The van der Waals surface area contributed by atoms with Crippen LogP contribution in [0.15, 0.2) is 30.3 Å². The molecule has 0 radical (unpaired) electrons. The van der Waals surface area contributed by atoms with E-state index in [0.29, 0.717) is 22.5 Å². The average molecular weight is 492 g/mol. The van der Waals surface area contributed by atoms with E-state index in [1.165, 1.54) is 37.4 Å². The number of hydrogen-bond acceptors (Lipinski definition) is 9. The summed E-state index contributed by atoms with van der Waals surface area (Å²) >= 11 is 0. The SMILES string of the molecule is CC(C)c1nc(N(C)S(C)(=O)=O)nc(-c2ccc(F)cc2)c1/C=C/[C@@H](O)C[C@@H](O)c1nnn[nH]1. The number of aromatic nitrogens is 6. The van der Waals surface area contributed by atoms with E-state index in [-0.39, 0.29) is 24.1 Å². The molecule has 182 valence electrons. The second-order valence-electron chi connectivity index (χ2n) is 8.03. The van der Waals surface area contributed by atoms with Gasteiger partial charge in [0.2, 0.25) is 16.0 Å². The van der Waals surface area contributed by atoms with Crippen LogP contribution >= 0.6 is 0 Å². The Labute approximate surface area is 196 Å². The summed E-state index contributed by atoms with van der Waals surface area (Å²) < 4.78 is 38.8. The van der Waals surface area contributed by atoms with Crippen LogP contribution in [0.25, 0.3) is 17.3 Å². The number of nitrogens with zero attached hydrogens (tertiary/aromatic N) is 6. The predicted octanol–water partition coefficient (Wildman–Crippen LogP) is 1.81. The molecule has 11 nitrogen and oxygen atoms in total. The van der Waals surface area contributed by atoms with E-state index in [1.54, 1.807) is 6.08 Å². The molecule has 3 rings (SSSR count). The van der Waals surface area contributed by atoms with Gasteiger partial charge in [0, 0.05) is 24.6 Å². The van der Waals surface area contributed by atoms with Crippen molar-refractivity contribution < 1.29 is 23.0 Å². The molecule has 2 atom stereocenters. The van der Waals surface area contributed by atoms with Gasteiger partial charge in [0.05, 0.1) is 23.7 Å². The van der Waals surface area contributed by atoms with Crippen molar-refractivity contribution in [2.75, 3.05) is 17.6 Å². The molecule has 3 N–H and O–H groups in total. The molecule has 0 aliphatic heterocycles. The van der Waals surface area contributed by atoms with Gasteiger partial charge < -0.3 is 10.2 Å². The van der Waals surface area contributed by atoms with E-state index in [1.807, 2.05) is 13.8 Å². The van der Waals surface area contributed by atoms with Gasteiger partial charge in [0.25, 0.3) is 0 Å². The van der Waals surface area contributed by atoms with Crippen LogP contribution < -0.4 is 4.31 Å². The van der Waals surface area contributed by atoms with Crippen molar-refractivity contribution in [3.05, 3.63) is 53.2 Å². The molecule has 0 bridgehead atoms. The Morgan fingerprint density at radius 2 is 1.85 bits per heavy atom. The van der Waals surface area contributed by atoms with Crippen LogP contribution in [0.5, 0.6) is 0 Å². The highest BCUT2D eigenvalue weighted by Gasteiger charge is 2.22. The quantitative estimate of drug-likeness (QED) is 0.406. The normalized spacial score (nSPS) is 14.0. The van der Waals surface area contributed by atoms with Gasteiger partial charge in [0.15, 0.2) is 5.82 Å². The second kappa shape index (κ2) is 10.3. The maximum atomic E-state index is 13.6. The molecule has 0 saturated carbocycles. The first-order chi connectivity index (χ1) is 16.0. The van der Waals surface area contributed by atoms with E-state index < -0.39 is 28.0 Å². The number of hydrogen-bond donors (Lipinski definition) is 3. The van der Waals surface area contributed by atoms with E-state index in [2.05, 4.69) is 30.6 Å². The van der Waals surface area contributed by atoms with Gasteiger partial charge in [-0.25, -0.2) is 32.2 Å². The van der Waals surface area contributed by atoms with Gasteiger partial charge in [-0.1, -0.05) is 26.0 Å². The fraction of sp³-hybridized carbons (Fsp3) is 0.381. The Kier molecular flexibility index (Phi) is 7.69. The number of rotatable bonds is 9. The fourth-order valence-corrected chi connectivity index (χ4v) is 3.51. The number of anilines is 1. The second-order valence-corrected chi connectivity index (χ2v) is 10.0. The first-order valence-electron chi connectivity index (χ1n) is 10.4. The van der Waals surface area contributed by atoms with Crippen molar-refractivity contribution in [2.24, 2.45) is 0 Å². The van der Waals surface area contributed by atoms with Crippen molar-refractivity contribution in [3.8, 4) is 11.3 Å². The van der Waals surface area contributed by atoms with Crippen molar-refractivity contribution in [1.82, 2.24) is 30.6 Å². The molecule has 0 aliphatic rings. The van der Waals surface area contributed by atoms with Crippen molar-refractivity contribution in [2.45, 2.75) is 38.4 Å². The number of aromatic amines is 1. The van der Waals surface area contributed by atoms with Gasteiger partial charge in [-0.2, -0.15) is 0 Å². The average Bonchev–Trinajstić information content (AvgIpc) is 3.31. The summed E-state index contributed by atoms with van der Waals surface area (Å²) in [5.74, 6) is -0.481. The van der Waals surface area contributed by atoms with Crippen LogP contribution in [-0.2, 0) is 10.0 Å². The van der Waals surface area contributed by atoms with Gasteiger partial charge in [-0.05, 0) is 40.6 Å². The molecule has 0 spiro atoms. The van der Waals surface area contributed by atoms with Crippen LogP contribution in [-0.4, -0.2) is 68.6 Å². The fourth-order valence-electron chi connectivity index (χ4n) is 3.13. The number of halogens is 1. The zero-order valence-corrected chi connectivity index (χ0v) is 19.9. The first kappa shape index (κ1) is 25.3. The number of sulfonamides is 1. The van der Waals surface area contributed by atoms with E-state index in [4.69, 9.17) is 0 Å². The molecule has 0 amide bonds. The lowest BCUT2D eigenvalue weighted by molar-refractivity contribution is 0.0985. The molecule has 2 heterocycles. The molecule has 0 aliphatic carbocycles. The van der Waals surface area contributed by atoms with Crippen molar-refractivity contribution >= 4 is 22.0 Å². The highest BCUT2D eigenvalue weighted by Crippen LogP contribution is 2.32. The summed E-state index contributed by atoms with van der Waals surface area (Å²) in [5, 5.41) is 33.5.